The number of rotatable bonds is 4. The van der Waals surface area contributed by atoms with Crippen molar-refractivity contribution in [2.24, 2.45) is 0 Å². The number of carbonyl (C=O) groups excluding carboxylic acids is 2. The zero-order valence-electron chi connectivity index (χ0n) is 16.1. The summed E-state index contributed by atoms with van der Waals surface area (Å²) in [5.41, 5.74) is 2.03. The zero-order valence-corrected chi connectivity index (χ0v) is 16.9. The fraction of sp³-hybridized carbons (Fsp3) is 0.0952. The Labute approximate surface area is 180 Å². The molecule has 1 aliphatic rings. The minimum atomic E-state index is -1.17. The summed E-state index contributed by atoms with van der Waals surface area (Å²) in [6, 6.07) is 15.7. The molecule has 0 bridgehead atoms. The lowest BCUT2D eigenvalue weighted by Crippen LogP contribution is -2.40. The number of aromatic amines is 1. The van der Waals surface area contributed by atoms with Crippen LogP contribution in [0.5, 0.6) is 0 Å². The second kappa shape index (κ2) is 7.06. The van der Waals surface area contributed by atoms with Crippen LogP contribution in [0.1, 0.15) is 12.5 Å². The maximum atomic E-state index is 12.2. The van der Waals surface area contributed by atoms with Gasteiger partial charge in [-0.25, -0.2) is 4.79 Å². The molecule has 2 aromatic carbocycles. The van der Waals surface area contributed by atoms with E-state index in [0.29, 0.717) is 33.4 Å². The number of amides is 3. The number of benzene rings is 2. The summed E-state index contributed by atoms with van der Waals surface area (Å²) in [6.45, 7) is 1.63. The van der Waals surface area contributed by atoms with Gasteiger partial charge in [-0.2, -0.15) is 10.1 Å². The number of H-pyrrole nitrogens is 1. The fourth-order valence-electron chi connectivity index (χ4n) is 3.40. The van der Waals surface area contributed by atoms with Crippen molar-refractivity contribution in [3.8, 4) is 34.2 Å². The van der Waals surface area contributed by atoms with E-state index in [4.69, 9.17) is 16.1 Å². The van der Waals surface area contributed by atoms with Crippen LogP contribution in [0.2, 0.25) is 5.02 Å². The standard InChI is InChI=1S/C21H15ClN6O3/c1-21(19(29)24-20(30)25-21)12-6-4-5-11(9-12)17-23-18(31-28-17)16-10-15(26-27-16)13-7-2-3-8-14(13)22/h2-10H,1H3,(H,26,27)(H2,24,25,29,30). The van der Waals surface area contributed by atoms with Crippen molar-refractivity contribution >= 4 is 23.5 Å². The van der Waals surface area contributed by atoms with Gasteiger partial charge in [-0.1, -0.05) is 53.2 Å². The summed E-state index contributed by atoms with van der Waals surface area (Å²) < 4.78 is 5.40. The van der Waals surface area contributed by atoms with Gasteiger partial charge in [-0.15, -0.1) is 0 Å². The lowest BCUT2D eigenvalue weighted by Gasteiger charge is -2.21. The molecule has 0 saturated carbocycles. The highest BCUT2D eigenvalue weighted by Gasteiger charge is 2.43. The second-order valence-electron chi connectivity index (χ2n) is 7.18. The lowest BCUT2D eigenvalue weighted by molar-refractivity contribution is -0.123. The highest BCUT2D eigenvalue weighted by molar-refractivity contribution is 6.33. The molecule has 2 aromatic heterocycles. The van der Waals surface area contributed by atoms with Gasteiger partial charge < -0.3 is 9.84 Å². The normalized spacial score (nSPS) is 18.1. The van der Waals surface area contributed by atoms with Crippen LogP contribution in [0.4, 0.5) is 4.79 Å². The van der Waals surface area contributed by atoms with Crippen LogP contribution in [-0.2, 0) is 10.3 Å². The van der Waals surface area contributed by atoms with Gasteiger partial charge in [0.2, 0.25) is 5.82 Å². The smallest absolute Gasteiger partial charge is 0.322 e. The third-order valence-corrected chi connectivity index (χ3v) is 5.46. The SMILES string of the molecule is CC1(c2cccc(-c3noc(-c4cc(-c5ccccc5Cl)n[nH]4)n3)c2)NC(=O)NC1=O. The van der Waals surface area contributed by atoms with Crippen LogP contribution < -0.4 is 10.6 Å². The van der Waals surface area contributed by atoms with E-state index in [-0.39, 0.29) is 5.89 Å². The molecule has 3 heterocycles. The van der Waals surface area contributed by atoms with Crippen LogP contribution in [0, 0.1) is 0 Å². The number of carbonyl (C=O) groups is 2. The second-order valence-corrected chi connectivity index (χ2v) is 7.59. The lowest BCUT2D eigenvalue weighted by atomic mass is 9.91. The molecule has 1 saturated heterocycles. The molecule has 154 valence electrons. The Morgan fingerprint density at radius 2 is 1.90 bits per heavy atom. The van der Waals surface area contributed by atoms with E-state index >= 15 is 0 Å². The van der Waals surface area contributed by atoms with Gasteiger partial charge in [-0.3, -0.25) is 15.2 Å². The molecule has 0 spiro atoms. The third-order valence-electron chi connectivity index (χ3n) is 5.13. The van der Waals surface area contributed by atoms with Crippen molar-refractivity contribution in [3.63, 3.8) is 0 Å². The summed E-state index contributed by atoms with van der Waals surface area (Å²) in [5.74, 6) is 0.163. The molecule has 1 fully saturated rings. The number of halogens is 1. The molecular weight excluding hydrogens is 420 g/mol. The fourth-order valence-corrected chi connectivity index (χ4v) is 3.64. The summed E-state index contributed by atoms with van der Waals surface area (Å²) in [4.78, 5) is 28.2. The molecule has 3 amide bonds. The van der Waals surface area contributed by atoms with E-state index in [1.54, 1.807) is 43.3 Å². The average Bonchev–Trinajstić information content (AvgIpc) is 3.48. The van der Waals surface area contributed by atoms with Crippen LogP contribution >= 0.6 is 11.6 Å². The quantitative estimate of drug-likeness (QED) is 0.422. The van der Waals surface area contributed by atoms with Crippen LogP contribution in [-0.4, -0.2) is 32.3 Å². The highest BCUT2D eigenvalue weighted by atomic mass is 35.5. The summed E-state index contributed by atoms with van der Waals surface area (Å²) in [7, 11) is 0. The van der Waals surface area contributed by atoms with Gasteiger partial charge >= 0.3 is 6.03 Å². The number of nitrogens with zero attached hydrogens (tertiary/aromatic N) is 3. The maximum absolute atomic E-state index is 12.2. The van der Waals surface area contributed by atoms with Crippen molar-refractivity contribution in [1.82, 2.24) is 31.0 Å². The topological polar surface area (TPSA) is 126 Å². The number of urea groups is 1. The van der Waals surface area contributed by atoms with E-state index in [1.807, 2.05) is 18.2 Å². The van der Waals surface area contributed by atoms with Crippen molar-refractivity contribution < 1.29 is 14.1 Å². The number of imide groups is 1. The average molecular weight is 435 g/mol. The molecule has 1 aliphatic heterocycles. The minimum absolute atomic E-state index is 0.254. The summed E-state index contributed by atoms with van der Waals surface area (Å²) >= 11 is 6.24. The highest BCUT2D eigenvalue weighted by Crippen LogP contribution is 2.31. The first-order chi connectivity index (χ1) is 14.9. The monoisotopic (exact) mass is 434 g/mol. The van der Waals surface area contributed by atoms with E-state index in [9.17, 15) is 9.59 Å². The van der Waals surface area contributed by atoms with Gasteiger partial charge in [0.15, 0.2) is 0 Å². The molecular formula is C21H15ClN6O3. The molecule has 0 radical (unpaired) electrons. The number of aromatic nitrogens is 4. The van der Waals surface area contributed by atoms with E-state index in [0.717, 1.165) is 5.56 Å². The van der Waals surface area contributed by atoms with E-state index in [2.05, 4.69) is 31.0 Å². The van der Waals surface area contributed by atoms with Gasteiger partial charge in [0.1, 0.15) is 11.2 Å². The Kier molecular flexibility index (Phi) is 4.33. The predicted molar refractivity (Wildman–Crippen MR) is 112 cm³/mol. The van der Waals surface area contributed by atoms with E-state index < -0.39 is 17.5 Å². The third kappa shape index (κ3) is 3.24. The molecule has 4 aromatic rings. The number of hydrogen-bond donors (Lipinski definition) is 3. The van der Waals surface area contributed by atoms with Gasteiger partial charge in [0.05, 0.1) is 10.7 Å². The van der Waals surface area contributed by atoms with Crippen molar-refractivity contribution in [1.29, 1.82) is 0 Å². The maximum Gasteiger partial charge on any atom is 0.322 e. The molecule has 1 atom stereocenters. The Balaban J connectivity index is 1.45. The molecule has 9 nitrogen and oxygen atoms in total. The summed E-state index contributed by atoms with van der Waals surface area (Å²) in [6.07, 6.45) is 0. The van der Waals surface area contributed by atoms with E-state index in [1.165, 1.54) is 0 Å². The molecule has 3 N–H and O–H groups in total. The first-order valence-corrected chi connectivity index (χ1v) is 9.71. The van der Waals surface area contributed by atoms with Crippen molar-refractivity contribution in [2.75, 3.05) is 0 Å². The molecule has 0 aliphatic carbocycles. The molecule has 10 heteroatoms. The van der Waals surface area contributed by atoms with Gasteiger partial charge in [0, 0.05) is 11.1 Å². The first kappa shape index (κ1) is 19.0. The Morgan fingerprint density at radius 1 is 1.06 bits per heavy atom. The first-order valence-electron chi connectivity index (χ1n) is 9.33. The van der Waals surface area contributed by atoms with Crippen LogP contribution in [0.15, 0.2) is 59.1 Å². The van der Waals surface area contributed by atoms with Crippen molar-refractivity contribution in [2.45, 2.75) is 12.5 Å². The van der Waals surface area contributed by atoms with Gasteiger partial charge in [0.25, 0.3) is 11.8 Å². The number of hydrogen-bond acceptors (Lipinski definition) is 6. The van der Waals surface area contributed by atoms with Gasteiger partial charge in [-0.05, 0) is 30.7 Å². The Morgan fingerprint density at radius 3 is 2.68 bits per heavy atom. The van der Waals surface area contributed by atoms with Crippen LogP contribution in [0.3, 0.4) is 0 Å². The van der Waals surface area contributed by atoms with Crippen LogP contribution in [0.25, 0.3) is 34.2 Å². The Bertz CT molecular complexity index is 1330. The molecule has 31 heavy (non-hydrogen) atoms. The number of nitrogens with one attached hydrogen (secondary N) is 3. The summed E-state index contributed by atoms with van der Waals surface area (Å²) in [5, 5.41) is 16.7. The molecule has 1 unspecified atom stereocenters. The zero-order chi connectivity index (χ0) is 21.6. The van der Waals surface area contributed by atoms with Crippen molar-refractivity contribution in [3.05, 3.63) is 65.2 Å². The predicted octanol–water partition coefficient (Wildman–Crippen LogP) is 3.50. The molecule has 5 rings (SSSR count). The Hall–Kier alpha value is -3.98. The largest absolute Gasteiger partial charge is 0.332 e. The minimum Gasteiger partial charge on any atom is -0.332 e.